The first-order valence-corrected chi connectivity index (χ1v) is 11.1. The largest absolute Gasteiger partial charge is 0.492 e. The molecule has 1 amide bonds. The van der Waals surface area contributed by atoms with Crippen LogP contribution in [0.15, 0.2) is 47.6 Å². The van der Waals surface area contributed by atoms with Crippen LogP contribution in [-0.4, -0.2) is 46.4 Å². The monoisotopic (exact) mass is 440 g/mol. The lowest BCUT2D eigenvalue weighted by Gasteiger charge is -2.10. The highest BCUT2D eigenvalue weighted by Gasteiger charge is 2.16. The van der Waals surface area contributed by atoms with E-state index in [0.29, 0.717) is 30.4 Å². The second-order valence-corrected chi connectivity index (χ2v) is 7.81. The fourth-order valence-corrected chi connectivity index (χ4v) is 4.04. The summed E-state index contributed by atoms with van der Waals surface area (Å²) in [6.07, 6.45) is 0. The van der Waals surface area contributed by atoms with E-state index in [0.717, 1.165) is 28.7 Å². The van der Waals surface area contributed by atoms with Gasteiger partial charge in [0.05, 0.1) is 12.3 Å². The van der Waals surface area contributed by atoms with E-state index < -0.39 is 0 Å². The van der Waals surface area contributed by atoms with Crippen LogP contribution >= 0.6 is 11.8 Å². The molecular formula is C22H24N4O4S. The highest BCUT2D eigenvalue weighted by Crippen LogP contribution is 2.35. The fraction of sp³-hybridized carbons (Fsp3) is 0.318. The zero-order chi connectivity index (χ0) is 21.6. The molecule has 1 aliphatic heterocycles. The number of fused-ring (bicyclic) bond motifs is 1. The lowest BCUT2D eigenvalue weighted by Crippen LogP contribution is -2.29. The van der Waals surface area contributed by atoms with Crippen LogP contribution in [-0.2, 0) is 11.3 Å². The van der Waals surface area contributed by atoms with Crippen molar-refractivity contribution in [1.29, 1.82) is 0 Å². The first kappa shape index (κ1) is 21.0. The number of carbonyl (C=O) groups is 1. The van der Waals surface area contributed by atoms with Crippen molar-refractivity contribution in [3.63, 3.8) is 0 Å². The number of hydrogen-bond donors (Lipinski definition) is 1. The third-order valence-corrected chi connectivity index (χ3v) is 5.76. The molecule has 0 saturated carbocycles. The Morgan fingerprint density at radius 2 is 2.03 bits per heavy atom. The Balaban J connectivity index is 1.25. The minimum Gasteiger partial charge on any atom is -0.492 e. The van der Waals surface area contributed by atoms with E-state index in [1.54, 1.807) is 6.07 Å². The maximum atomic E-state index is 12.2. The standard InChI is InChI=1S/C22H24N4O4S/c1-3-26-21(17-7-5-4-6-15(17)2)24-25-22(26)31-13-20(27)23-10-11-28-16-8-9-18-19(12-16)30-14-29-18/h4-9,12H,3,10-11,13-14H2,1-2H3,(H,23,27). The highest BCUT2D eigenvalue weighted by atomic mass is 32.2. The maximum absolute atomic E-state index is 12.2. The summed E-state index contributed by atoms with van der Waals surface area (Å²) in [6.45, 7) is 5.81. The summed E-state index contributed by atoms with van der Waals surface area (Å²) in [7, 11) is 0. The van der Waals surface area contributed by atoms with Crippen LogP contribution in [0.1, 0.15) is 12.5 Å². The number of benzene rings is 2. The zero-order valence-corrected chi connectivity index (χ0v) is 18.3. The predicted octanol–water partition coefficient (Wildman–Crippen LogP) is 3.29. The van der Waals surface area contributed by atoms with Gasteiger partial charge in [-0.3, -0.25) is 4.79 Å². The first-order chi connectivity index (χ1) is 15.2. The number of amides is 1. The van der Waals surface area contributed by atoms with Gasteiger partial charge in [0.2, 0.25) is 12.7 Å². The molecule has 0 saturated heterocycles. The summed E-state index contributed by atoms with van der Waals surface area (Å²) in [4.78, 5) is 12.2. The molecule has 3 aromatic rings. The normalized spacial score (nSPS) is 12.1. The van der Waals surface area contributed by atoms with Gasteiger partial charge in [0, 0.05) is 18.2 Å². The Bertz CT molecular complexity index is 1070. The van der Waals surface area contributed by atoms with E-state index >= 15 is 0 Å². The predicted molar refractivity (Wildman–Crippen MR) is 118 cm³/mol. The minimum atomic E-state index is -0.0811. The topological polar surface area (TPSA) is 87.5 Å². The molecule has 8 nitrogen and oxygen atoms in total. The fourth-order valence-electron chi connectivity index (χ4n) is 3.21. The summed E-state index contributed by atoms with van der Waals surface area (Å²) < 4.78 is 18.3. The van der Waals surface area contributed by atoms with Gasteiger partial charge in [0.25, 0.3) is 0 Å². The molecule has 0 spiro atoms. The zero-order valence-electron chi connectivity index (χ0n) is 17.5. The van der Waals surface area contributed by atoms with Crippen LogP contribution in [0.2, 0.25) is 0 Å². The van der Waals surface area contributed by atoms with Crippen LogP contribution in [0.4, 0.5) is 0 Å². The van der Waals surface area contributed by atoms with E-state index in [2.05, 4.69) is 28.5 Å². The summed E-state index contributed by atoms with van der Waals surface area (Å²) in [5.74, 6) is 3.05. The Hall–Kier alpha value is -3.20. The smallest absolute Gasteiger partial charge is 0.231 e. The van der Waals surface area contributed by atoms with Crippen molar-refractivity contribution in [1.82, 2.24) is 20.1 Å². The van der Waals surface area contributed by atoms with Crippen molar-refractivity contribution in [2.75, 3.05) is 25.7 Å². The van der Waals surface area contributed by atoms with Crippen molar-refractivity contribution < 1.29 is 19.0 Å². The van der Waals surface area contributed by atoms with Gasteiger partial charge in [0.15, 0.2) is 22.5 Å². The molecule has 1 N–H and O–H groups in total. The van der Waals surface area contributed by atoms with Crippen molar-refractivity contribution in [3.8, 4) is 28.6 Å². The molecule has 31 heavy (non-hydrogen) atoms. The second-order valence-electron chi connectivity index (χ2n) is 6.87. The van der Waals surface area contributed by atoms with Gasteiger partial charge >= 0.3 is 0 Å². The van der Waals surface area contributed by atoms with Crippen LogP contribution in [0.25, 0.3) is 11.4 Å². The Morgan fingerprint density at radius 3 is 2.87 bits per heavy atom. The van der Waals surface area contributed by atoms with Gasteiger partial charge in [-0.15, -0.1) is 10.2 Å². The molecule has 0 radical (unpaired) electrons. The average Bonchev–Trinajstić information content (AvgIpc) is 3.41. The molecule has 0 fully saturated rings. The van der Waals surface area contributed by atoms with Gasteiger partial charge < -0.3 is 24.1 Å². The summed E-state index contributed by atoms with van der Waals surface area (Å²) >= 11 is 1.38. The molecule has 0 unspecified atom stereocenters. The highest BCUT2D eigenvalue weighted by molar-refractivity contribution is 7.99. The number of aromatic nitrogens is 3. The minimum absolute atomic E-state index is 0.0811. The molecule has 4 rings (SSSR count). The van der Waals surface area contributed by atoms with Crippen molar-refractivity contribution in [2.45, 2.75) is 25.5 Å². The van der Waals surface area contributed by atoms with Crippen LogP contribution in [0, 0.1) is 6.92 Å². The van der Waals surface area contributed by atoms with Gasteiger partial charge in [-0.25, -0.2) is 0 Å². The first-order valence-electron chi connectivity index (χ1n) is 10.1. The van der Waals surface area contributed by atoms with Crippen molar-refractivity contribution in [3.05, 3.63) is 48.0 Å². The molecule has 2 aromatic carbocycles. The third-order valence-electron chi connectivity index (χ3n) is 4.79. The van der Waals surface area contributed by atoms with E-state index in [-0.39, 0.29) is 18.5 Å². The lowest BCUT2D eigenvalue weighted by atomic mass is 10.1. The third kappa shape index (κ3) is 4.93. The summed E-state index contributed by atoms with van der Waals surface area (Å²) in [6, 6.07) is 13.5. The van der Waals surface area contributed by atoms with E-state index in [4.69, 9.17) is 14.2 Å². The SMILES string of the molecule is CCn1c(SCC(=O)NCCOc2ccc3c(c2)OCO3)nnc1-c1ccccc1C. The van der Waals surface area contributed by atoms with Gasteiger partial charge in [-0.1, -0.05) is 36.0 Å². The molecule has 0 aliphatic carbocycles. The van der Waals surface area contributed by atoms with E-state index in [1.165, 1.54) is 11.8 Å². The van der Waals surface area contributed by atoms with Crippen LogP contribution in [0.5, 0.6) is 17.2 Å². The number of nitrogens with one attached hydrogen (secondary N) is 1. The van der Waals surface area contributed by atoms with Crippen molar-refractivity contribution >= 4 is 17.7 Å². The number of thioether (sulfide) groups is 1. The molecule has 1 aromatic heterocycles. The number of aryl methyl sites for hydroxylation is 1. The Morgan fingerprint density at radius 1 is 1.19 bits per heavy atom. The average molecular weight is 441 g/mol. The Labute approximate surface area is 184 Å². The number of rotatable bonds is 9. The van der Waals surface area contributed by atoms with E-state index in [1.807, 2.05) is 41.8 Å². The number of carbonyl (C=O) groups excluding carboxylic acids is 1. The number of hydrogen-bond acceptors (Lipinski definition) is 7. The van der Waals surface area contributed by atoms with Crippen molar-refractivity contribution in [2.24, 2.45) is 0 Å². The molecule has 9 heteroatoms. The maximum Gasteiger partial charge on any atom is 0.231 e. The quantitative estimate of drug-likeness (QED) is 0.404. The summed E-state index contributed by atoms with van der Waals surface area (Å²) in [5.41, 5.74) is 2.19. The lowest BCUT2D eigenvalue weighted by molar-refractivity contribution is -0.118. The van der Waals surface area contributed by atoms with Crippen LogP contribution < -0.4 is 19.5 Å². The number of nitrogens with zero attached hydrogens (tertiary/aromatic N) is 3. The Kier molecular flexibility index (Phi) is 6.61. The van der Waals surface area contributed by atoms with Gasteiger partial charge in [0.1, 0.15) is 12.4 Å². The molecule has 162 valence electrons. The molecular weight excluding hydrogens is 416 g/mol. The summed E-state index contributed by atoms with van der Waals surface area (Å²) in [5, 5.41) is 12.2. The second kappa shape index (κ2) is 9.74. The number of ether oxygens (including phenoxy) is 3. The molecule has 2 heterocycles. The van der Waals surface area contributed by atoms with Crippen LogP contribution in [0.3, 0.4) is 0 Å². The van der Waals surface area contributed by atoms with Gasteiger partial charge in [-0.2, -0.15) is 0 Å². The molecule has 0 atom stereocenters. The van der Waals surface area contributed by atoms with E-state index in [9.17, 15) is 4.79 Å². The van der Waals surface area contributed by atoms with Gasteiger partial charge in [-0.05, 0) is 31.5 Å². The molecule has 0 bridgehead atoms. The molecule has 1 aliphatic rings.